The molecule has 2 heterocycles. The van der Waals surface area contributed by atoms with E-state index >= 15 is 0 Å². The van der Waals surface area contributed by atoms with E-state index in [9.17, 15) is 19.2 Å². The van der Waals surface area contributed by atoms with Crippen LogP contribution in [0.1, 0.15) is 53.3 Å². The van der Waals surface area contributed by atoms with Crippen molar-refractivity contribution >= 4 is 40.2 Å². The maximum absolute atomic E-state index is 13.4. The minimum absolute atomic E-state index is 0.121. The number of benzene rings is 3. The summed E-state index contributed by atoms with van der Waals surface area (Å²) in [5.74, 6) is -1.03. The number of ketones is 1. The number of aromatic nitrogens is 1. The predicted molar refractivity (Wildman–Crippen MR) is 157 cm³/mol. The third-order valence-corrected chi connectivity index (χ3v) is 8.23. The van der Waals surface area contributed by atoms with Crippen LogP contribution in [0.2, 0.25) is 0 Å². The van der Waals surface area contributed by atoms with Gasteiger partial charge >= 0.3 is 5.97 Å². The van der Waals surface area contributed by atoms with E-state index in [0.29, 0.717) is 39.2 Å². The molecule has 8 nitrogen and oxygen atoms in total. The van der Waals surface area contributed by atoms with Gasteiger partial charge in [0.25, 0.3) is 0 Å². The van der Waals surface area contributed by atoms with Gasteiger partial charge in [-0.1, -0.05) is 43.2 Å². The van der Waals surface area contributed by atoms with Crippen molar-refractivity contribution in [2.75, 3.05) is 12.0 Å². The smallest absolute Gasteiger partial charge is 0.339 e. The van der Waals surface area contributed by atoms with E-state index in [1.54, 1.807) is 80.8 Å². The summed E-state index contributed by atoms with van der Waals surface area (Å²) in [5, 5.41) is 0.600. The van der Waals surface area contributed by atoms with Crippen LogP contribution in [0.5, 0.6) is 5.75 Å². The summed E-state index contributed by atoms with van der Waals surface area (Å²) in [6, 6.07) is 22.6. The minimum Gasteiger partial charge on any atom is -0.497 e. The molecule has 1 aliphatic heterocycles. The number of hydrogen-bond acceptors (Lipinski definition) is 7. The SMILES string of the molecule is COc1ccc(C(=O)C(C)OC(=O)c2cc(-c3ccc(N4C(=O)C5CCCCC5C4=O)cc3)nc3ccccc23)cc1. The first-order chi connectivity index (χ1) is 20.4. The molecule has 0 bridgehead atoms. The molecule has 0 spiro atoms. The molecule has 212 valence electrons. The summed E-state index contributed by atoms with van der Waals surface area (Å²) in [6.07, 6.45) is 2.45. The van der Waals surface area contributed by atoms with Crippen molar-refractivity contribution in [2.24, 2.45) is 11.8 Å². The van der Waals surface area contributed by atoms with Crippen molar-refractivity contribution in [2.45, 2.75) is 38.7 Å². The fourth-order valence-corrected chi connectivity index (χ4v) is 5.96. The van der Waals surface area contributed by atoms with Gasteiger partial charge in [-0.05, 0) is 68.3 Å². The Morgan fingerprint density at radius 3 is 2.17 bits per heavy atom. The van der Waals surface area contributed by atoms with Crippen molar-refractivity contribution in [3.8, 4) is 17.0 Å². The van der Waals surface area contributed by atoms with E-state index in [1.165, 1.54) is 4.90 Å². The summed E-state index contributed by atoms with van der Waals surface area (Å²) in [4.78, 5) is 58.5. The Kier molecular flexibility index (Phi) is 7.29. The molecule has 8 heteroatoms. The van der Waals surface area contributed by atoms with Crippen molar-refractivity contribution in [3.05, 3.63) is 90.0 Å². The summed E-state index contributed by atoms with van der Waals surface area (Å²) in [7, 11) is 1.55. The monoisotopic (exact) mass is 562 g/mol. The highest BCUT2D eigenvalue weighted by Gasteiger charge is 2.48. The second kappa shape index (κ2) is 11.2. The number of anilines is 1. The molecule has 3 unspecified atom stereocenters. The zero-order valence-electron chi connectivity index (χ0n) is 23.4. The van der Waals surface area contributed by atoms with E-state index in [0.717, 1.165) is 25.7 Å². The molecule has 42 heavy (non-hydrogen) atoms. The van der Waals surface area contributed by atoms with Gasteiger partial charge in [0.15, 0.2) is 6.10 Å². The lowest BCUT2D eigenvalue weighted by atomic mass is 9.81. The minimum atomic E-state index is -1.01. The molecular formula is C34H30N2O6. The topological polar surface area (TPSA) is 103 Å². The molecule has 2 amide bonds. The van der Waals surface area contributed by atoms with Crippen LogP contribution in [0.4, 0.5) is 5.69 Å². The molecule has 0 radical (unpaired) electrons. The number of imide groups is 1. The lowest BCUT2D eigenvalue weighted by Gasteiger charge is -2.19. The van der Waals surface area contributed by atoms with Gasteiger partial charge in [-0.25, -0.2) is 9.78 Å². The number of esters is 1. The number of carbonyl (C=O) groups is 4. The molecule has 3 aromatic carbocycles. The molecule has 6 rings (SSSR count). The van der Waals surface area contributed by atoms with Crippen LogP contribution in [0, 0.1) is 11.8 Å². The third kappa shape index (κ3) is 4.93. The number of hydrogen-bond donors (Lipinski definition) is 0. The number of amides is 2. The van der Waals surface area contributed by atoms with Gasteiger partial charge in [-0.15, -0.1) is 0 Å². The summed E-state index contributed by atoms with van der Waals surface area (Å²) in [6.45, 7) is 1.55. The molecular weight excluding hydrogens is 532 g/mol. The Labute approximate surface area is 243 Å². The summed E-state index contributed by atoms with van der Waals surface area (Å²) in [5.41, 5.74) is 3.05. The average Bonchev–Trinajstić information content (AvgIpc) is 3.29. The Morgan fingerprint density at radius 2 is 1.52 bits per heavy atom. The fraction of sp³-hybridized carbons (Fsp3) is 0.265. The Balaban J connectivity index is 1.26. The molecule has 1 saturated carbocycles. The number of fused-ring (bicyclic) bond motifs is 2. The molecule has 3 atom stereocenters. The van der Waals surface area contributed by atoms with Gasteiger partial charge < -0.3 is 9.47 Å². The number of ether oxygens (including phenoxy) is 2. The van der Waals surface area contributed by atoms with Crippen LogP contribution in [0.15, 0.2) is 78.9 Å². The van der Waals surface area contributed by atoms with E-state index in [-0.39, 0.29) is 35.0 Å². The number of rotatable bonds is 7. The zero-order chi connectivity index (χ0) is 29.4. The van der Waals surface area contributed by atoms with Gasteiger partial charge in [0.2, 0.25) is 17.6 Å². The largest absolute Gasteiger partial charge is 0.497 e. The van der Waals surface area contributed by atoms with Crippen LogP contribution in [-0.2, 0) is 14.3 Å². The number of carbonyl (C=O) groups excluding carboxylic acids is 4. The lowest BCUT2D eigenvalue weighted by Crippen LogP contribution is -2.30. The molecule has 2 fully saturated rings. The average molecular weight is 563 g/mol. The van der Waals surface area contributed by atoms with Crippen molar-refractivity contribution < 1.29 is 28.7 Å². The number of para-hydroxylation sites is 1. The Morgan fingerprint density at radius 1 is 0.881 bits per heavy atom. The predicted octanol–water partition coefficient (Wildman–Crippen LogP) is 6.02. The highest BCUT2D eigenvalue weighted by Crippen LogP contribution is 2.40. The standard InChI is InChI=1S/C34H30N2O6/c1-20(31(37)22-13-17-24(41-2)18-14-22)42-34(40)28-19-30(35-29-10-6-5-7-25(28)29)21-11-15-23(16-12-21)36-32(38)26-8-3-4-9-27(26)33(36)39/h5-7,10-20,26-27H,3-4,8-9H2,1-2H3. The van der Waals surface area contributed by atoms with Crippen molar-refractivity contribution in [1.29, 1.82) is 0 Å². The molecule has 0 N–H and O–H groups in total. The van der Waals surface area contributed by atoms with Gasteiger partial charge in [-0.2, -0.15) is 0 Å². The van der Waals surface area contributed by atoms with Crippen molar-refractivity contribution in [1.82, 2.24) is 4.98 Å². The first kappa shape index (κ1) is 27.3. The van der Waals surface area contributed by atoms with Crippen LogP contribution < -0.4 is 9.64 Å². The highest BCUT2D eigenvalue weighted by molar-refractivity contribution is 6.22. The number of Topliss-reactive ketones (excluding diaryl/α,β-unsaturated/α-hetero) is 1. The molecule has 4 aromatic rings. The van der Waals surface area contributed by atoms with Crippen LogP contribution >= 0.6 is 0 Å². The van der Waals surface area contributed by atoms with Crippen LogP contribution in [0.25, 0.3) is 22.2 Å². The zero-order valence-corrected chi connectivity index (χ0v) is 23.4. The fourth-order valence-electron chi connectivity index (χ4n) is 5.96. The van der Waals surface area contributed by atoms with Gasteiger partial charge in [0.05, 0.1) is 41.4 Å². The van der Waals surface area contributed by atoms with Crippen LogP contribution in [0.3, 0.4) is 0 Å². The number of methoxy groups -OCH3 is 1. The Hall–Kier alpha value is -4.85. The number of nitrogens with zero attached hydrogens (tertiary/aromatic N) is 2. The lowest BCUT2D eigenvalue weighted by molar-refractivity contribution is -0.122. The second-order valence-corrected chi connectivity index (χ2v) is 10.8. The maximum atomic E-state index is 13.4. The first-order valence-corrected chi connectivity index (χ1v) is 14.1. The van der Waals surface area contributed by atoms with Crippen LogP contribution in [-0.4, -0.2) is 41.8 Å². The van der Waals surface area contributed by atoms with Crippen molar-refractivity contribution in [3.63, 3.8) is 0 Å². The summed E-state index contributed by atoms with van der Waals surface area (Å²) < 4.78 is 10.8. The van der Waals surface area contributed by atoms with Gasteiger partial charge in [0.1, 0.15) is 5.75 Å². The van der Waals surface area contributed by atoms with E-state index in [2.05, 4.69) is 0 Å². The van der Waals surface area contributed by atoms with E-state index in [1.807, 2.05) is 12.1 Å². The molecule has 1 saturated heterocycles. The molecule has 1 aromatic heterocycles. The normalized spacial score (nSPS) is 19.0. The third-order valence-electron chi connectivity index (χ3n) is 8.23. The first-order valence-electron chi connectivity index (χ1n) is 14.1. The van der Waals surface area contributed by atoms with Gasteiger partial charge in [0, 0.05) is 16.5 Å². The summed E-state index contributed by atoms with van der Waals surface area (Å²) >= 11 is 0. The maximum Gasteiger partial charge on any atom is 0.339 e. The molecule has 2 aliphatic rings. The Bertz CT molecular complexity index is 1670. The highest BCUT2D eigenvalue weighted by atomic mass is 16.5. The van der Waals surface area contributed by atoms with Gasteiger partial charge in [-0.3, -0.25) is 19.3 Å². The molecule has 1 aliphatic carbocycles. The quantitative estimate of drug-likeness (QED) is 0.154. The van der Waals surface area contributed by atoms with E-state index in [4.69, 9.17) is 14.5 Å². The van der Waals surface area contributed by atoms with E-state index < -0.39 is 12.1 Å². The second-order valence-electron chi connectivity index (χ2n) is 10.8. The number of pyridine rings is 1.